The standard InChI is InChI=1S/C28H25N3O3/c1-18(2)34-23-13-20(12-22(15-23)33-17-19-8-4-3-5-9-19)27-30-25-14-21(16-29-28(25)31-27)24-10-6-7-11-26(24)32/h3-16,18,32H,17H2,1-2H3,(H,29,30,31). The Labute approximate surface area is 197 Å². The molecular formula is C28H25N3O3. The number of imidazole rings is 1. The third kappa shape index (κ3) is 4.71. The van der Waals surface area contributed by atoms with Gasteiger partial charge in [0, 0.05) is 29.0 Å². The first-order valence-corrected chi connectivity index (χ1v) is 11.2. The van der Waals surface area contributed by atoms with E-state index in [1.165, 1.54) is 0 Å². The zero-order chi connectivity index (χ0) is 23.5. The number of pyridine rings is 1. The van der Waals surface area contributed by atoms with Gasteiger partial charge in [-0.2, -0.15) is 0 Å². The van der Waals surface area contributed by atoms with E-state index in [1.54, 1.807) is 18.3 Å². The second-order valence-corrected chi connectivity index (χ2v) is 8.33. The average Bonchev–Trinajstić information content (AvgIpc) is 3.27. The number of rotatable bonds is 7. The molecule has 0 saturated heterocycles. The van der Waals surface area contributed by atoms with Crippen molar-refractivity contribution in [3.63, 3.8) is 0 Å². The number of aromatic amines is 1. The van der Waals surface area contributed by atoms with Gasteiger partial charge >= 0.3 is 0 Å². The molecule has 0 aliphatic heterocycles. The van der Waals surface area contributed by atoms with Crippen LogP contribution in [0.1, 0.15) is 19.4 Å². The van der Waals surface area contributed by atoms with Crippen molar-refractivity contribution in [2.75, 3.05) is 0 Å². The Kier molecular flexibility index (Phi) is 5.87. The summed E-state index contributed by atoms with van der Waals surface area (Å²) in [6.07, 6.45) is 1.74. The molecular weight excluding hydrogens is 426 g/mol. The molecule has 0 atom stereocenters. The summed E-state index contributed by atoms with van der Waals surface area (Å²) >= 11 is 0. The molecule has 5 rings (SSSR count). The maximum atomic E-state index is 10.2. The van der Waals surface area contributed by atoms with E-state index < -0.39 is 0 Å². The summed E-state index contributed by atoms with van der Waals surface area (Å²) in [5.74, 6) is 2.28. The van der Waals surface area contributed by atoms with E-state index in [0.717, 1.165) is 27.8 Å². The number of benzene rings is 3. The van der Waals surface area contributed by atoms with Gasteiger partial charge in [-0.05, 0) is 43.7 Å². The van der Waals surface area contributed by atoms with Crippen LogP contribution in [-0.4, -0.2) is 26.2 Å². The van der Waals surface area contributed by atoms with Crippen LogP contribution in [-0.2, 0) is 6.61 Å². The quantitative estimate of drug-likeness (QED) is 0.301. The maximum Gasteiger partial charge on any atom is 0.178 e. The third-order valence-electron chi connectivity index (χ3n) is 5.33. The van der Waals surface area contributed by atoms with E-state index in [4.69, 9.17) is 9.47 Å². The molecule has 0 bridgehead atoms. The summed E-state index contributed by atoms with van der Waals surface area (Å²) < 4.78 is 12.0. The Hall–Kier alpha value is -4.32. The van der Waals surface area contributed by atoms with Crippen molar-refractivity contribution in [2.24, 2.45) is 0 Å². The number of hydrogen-bond donors (Lipinski definition) is 2. The van der Waals surface area contributed by atoms with Crippen LogP contribution in [0.15, 0.2) is 85.1 Å². The highest BCUT2D eigenvalue weighted by Gasteiger charge is 2.13. The fourth-order valence-corrected chi connectivity index (χ4v) is 3.77. The molecule has 0 aliphatic rings. The molecule has 2 aromatic heterocycles. The maximum absolute atomic E-state index is 10.2. The van der Waals surface area contributed by atoms with Gasteiger partial charge in [0.15, 0.2) is 5.65 Å². The molecule has 0 unspecified atom stereocenters. The fraction of sp³-hybridized carbons (Fsp3) is 0.143. The first-order chi connectivity index (χ1) is 16.5. The van der Waals surface area contributed by atoms with E-state index in [9.17, 15) is 5.11 Å². The molecule has 2 heterocycles. The highest BCUT2D eigenvalue weighted by molar-refractivity contribution is 5.82. The van der Waals surface area contributed by atoms with Crippen LogP contribution in [0.4, 0.5) is 0 Å². The molecule has 0 saturated carbocycles. The molecule has 0 radical (unpaired) electrons. The zero-order valence-corrected chi connectivity index (χ0v) is 19.0. The third-order valence-corrected chi connectivity index (χ3v) is 5.33. The molecule has 3 aromatic carbocycles. The van der Waals surface area contributed by atoms with E-state index in [1.807, 2.05) is 80.6 Å². The Bertz CT molecular complexity index is 1430. The summed E-state index contributed by atoms with van der Waals surface area (Å²) in [6.45, 7) is 4.43. The van der Waals surface area contributed by atoms with E-state index in [2.05, 4.69) is 15.0 Å². The lowest BCUT2D eigenvalue weighted by Crippen LogP contribution is -2.06. The van der Waals surface area contributed by atoms with Crippen molar-refractivity contribution in [3.05, 3.63) is 90.6 Å². The number of aromatic nitrogens is 3. The summed E-state index contributed by atoms with van der Waals surface area (Å²) in [5.41, 5.74) is 4.82. The highest BCUT2D eigenvalue weighted by atomic mass is 16.5. The van der Waals surface area contributed by atoms with Crippen molar-refractivity contribution in [3.8, 4) is 39.8 Å². The van der Waals surface area contributed by atoms with E-state index >= 15 is 0 Å². The van der Waals surface area contributed by atoms with Gasteiger partial charge in [0.1, 0.15) is 29.7 Å². The van der Waals surface area contributed by atoms with Crippen LogP contribution < -0.4 is 9.47 Å². The number of ether oxygens (including phenoxy) is 2. The number of fused-ring (bicyclic) bond motifs is 1. The number of aromatic hydroxyl groups is 1. The first-order valence-electron chi connectivity index (χ1n) is 11.2. The number of nitrogens with one attached hydrogen (secondary N) is 1. The zero-order valence-electron chi connectivity index (χ0n) is 19.0. The van der Waals surface area contributed by atoms with Gasteiger partial charge < -0.3 is 19.6 Å². The summed E-state index contributed by atoms with van der Waals surface area (Å²) in [5, 5.41) is 10.2. The van der Waals surface area contributed by atoms with Crippen molar-refractivity contribution in [2.45, 2.75) is 26.6 Å². The van der Waals surface area contributed by atoms with Crippen LogP contribution in [0.3, 0.4) is 0 Å². The minimum absolute atomic E-state index is 0.0238. The second-order valence-electron chi connectivity index (χ2n) is 8.33. The SMILES string of the molecule is CC(C)Oc1cc(OCc2ccccc2)cc(-c2nc3ncc(-c4ccccc4O)cc3[nH]2)c1. The van der Waals surface area contributed by atoms with Crippen LogP contribution >= 0.6 is 0 Å². The van der Waals surface area contributed by atoms with Crippen LogP contribution in [0.5, 0.6) is 17.2 Å². The lowest BCUT2D eigenvalue weighted by atomic mass is 10.1. The van der Waals surface area contributed by atoms with Gasteiger partial charge in [0.25, 0.3) is 0 Å². The van der Waals surface area contributed by atoms with Gasteiger partial charge in [-0.3, -0.25) is 0 Å². The Morgan fingerprint density at radius 2 is 1.65 bits per heavy atom. The van der Waals surface area contributed by atoms with Gasteiger partial charge in [-0.1, -0.05) is 48.5 Å². The largest absolute Gasteiger partial charge is 0.507 e. The van der Waals surface area contributed by atoms with Crippen LogP contribution in [0, 0.1) is 0 Å². The smallest absolute Gasteiger partial charge is 0.178 e. The molecule has 6 heteroatoms. The van der Waals surface area contributed by atoms with E-state index in [0.29, 0.717) is 29.6 Å². The average molecular weight is 452 g/mol. The van der Waals surface area contributed by atoms with Crippen LogP contribution in [0.2, 0.25) is 0 Å². The van der Waals surface area contributed by atoms with Crippen LogP contribution in [0.25, 0.3) is 33.7 Å². The molecule has 170 valence electrons. The summed E-state index contributed by atoms with van der Waals surface area (Å²) in [4.78, 5) is 12.5. The minimum Gasteiger partial charge on any atom is -0.507 e. The molecule has 5 aromatic rings. The molecule has 0 amide bonds. The Balaban J connectivity index is 1.49. The lowest BCUT2D eigenvalue weighted by molar-refractivity contribution is 0.239. The normalized spacial score (nSPS) is 11.1. The summed E-state index contributed by atoms with van der Waals surface area (Å²) in [7, 11) is 0. The summed E-state index contributed by atoms with van der Waals surface area (Å²) in [6, 6.07) is 24.9. The van der Waals surface area contributed by atoms with Crippen molar-refractivity contribution in [1.29, 1.82) is 0 Å². The Morgan fingerprint density at radius 3 is 2.44 bits per heavy atom. The van der Waals surface area contributed by atoms with Gasteiger partial charge in [0.05, 0.1) is 11.6 Å². The molecule has 0 spiro atoms. The lowest BCUT2D eigenvalue weighted by Gasteiger charge is -2.14. The van der Waals surface area contributed by atoms with Crippen molar-refractivity contribution in [1.82, 2.24) is 15.0 Å². The number of hydrogen-bond acceptors (Lipinski definition) is 5. The van der Waals surface area contributed by atoms with Crippen molar-refractivity contribution < 1.29 is 14.6 Å². The van der Waals surface area contributed by atoms with Gasteiger partial charge in [-0.25, -0.2) is 9.97 Å². The van der Waals surface area contributed by atoms with Gasteiger partial charge in [-0.15, -0.1) is 0 Å². The monoisotopic (exact) mass is 451 g/mol. The molecule has 0 aliphatic carbocycles. The number of phenolic OH excluding ortho intramolecular Hbond substituents is 1. The highest BCUT2D eigenvalue weighted by Crippen LogP contribution is 2.33. The molecule has 0 fully saturated rings. The number of nitrogens with zero attached hydrogens (tertiary/aromatic N) is 2. The van der Waals surface area contributed by atoms with Gasteiger partial charge in [0.2, 0.25) is 0 Å². The molecule has 6 nitrogen and oxygen atoms in total. The molecule has 2 N–H and O–H groups in total. The topological polar surface area (TPSA) is 80.3 Å². The molecule has 34 heavy (non-hydrogen) atoms. The predicted octanol–water partition coefficient (Wildman–Crippen LogP) is 6.36. The second kappa shape index (κ2) is 9.27. The number of phenols is 1. The number of para-hydroxylation sites is 1. The van der Waals surface area contributed by atoms with Crippen molar-refractivity contribution >= 4 is 11.2 Å². The first kappa shape index (κ1) is 21.5. The van der Waals surface area contributed by atoms with E-state index in [-0.39, 0.29) is 11.9 Å². The number of H-pyrrole nitrogens is 1. The minimum atomic E-state index is 0.0238. The predicted molar refractivity (Wildman–Crippen MR) is 133 cm³/mol. The fourth-order valence-electron chi connectivity index (χ4n) is 3.77. The Morgan fingerprint density at radius 1 is 0.882 bits per heavy atom.